The number of H-pyrrole nitrogens is 2. The molecule has 0 aliphatic carbocycles. The molecule has 0 radical (unpaired) electrons. The summed E-state index contributed by atoms with van der Waals surface area (Å²) in [5.41, 5.74) is 8.06. The van der Waals surface area contributed by atoms with Crippen molar-refractivity contribution in [2.45, 2.75) is 0 Å². The Bertz CT molecular complexity index is 1530. The van der Waals surface area contributed by atoms with Crippen molar-refractivity contribution in [1.82, 2.24) is 30.1 Å². The SMILES string of the molecule is COc1cncc(-c2ccc3[nH]nc(-c4nc5c(-c6ccsc6)cccc5[nH]4)c3n2)c1. The lowest BCUT2D eigenvalue weighted by Crippen LogP contribution is -1.89. The number of pyridine rings is 2. The summed E-state index contributed by atoms with van der Waals surface area (Å²) in [5, 5.41) is 11.8. The third-order valence-corrected chi connectivity index (χ3v) is 5.90. The van der Waals surface area contributed by atoms with Crippen LogP contribution >= 0.6 is 11.3 Å². The van der Waals surface area contributed by atoms with Gasteiger partial charge in [-0.2, -0.15) is 16.4 Å². The number of imidazole rings is 1. The van der Waals surface area contributed by atoms with E-state index in [1.165, 1.54) is 0 Å². The number of methoxy groups -OCH3 is 1. The average molecular weight is 424 g/mol. The molecule has 1 aromatic carbocycles. The molecule has 0 saturated carbocycles. The van der Waals surface area contributed by atoms with Crippen molar-refractivity contribution in [2.75, 3.05) is 7.11 Å². The second-order valence-corrected chi connectivity index (χ2v) is 7.86. The van der Waals surface area contributed by atoms with E-state index in [-0.39, 0.29) is 0 Å². The molecule has 0 amide bonds. The molecule has 31 heavy (non-hydrogen) atoms. The minimum absolute atomic E-state index is 0.678. The van der Waals surface area contributed by atoms with Gasteiger partial charge in [-0.05, 0) is 46.7 Å². The van der Waals surface area contributed by atoms with Crippen molar-refractivity contribution in [1.29, 1.82) is 0 Å². The molecule has 0 spiro atoms. The first-order chi connectivity index (χ1) is 15.3. The molecule has 8 heteroatoms. The lowest BCUT2D eigenvalue weighted by Gasteiger charge is -2.03. The molecule has 0 fully saturated rings. The van der Waals surface area contributed by atoms with Gasteiger partial charge in [0.1, 0.15) is 11.3 Å². The van der Waals surface area contributed by atoms with E-state index in [0.29, 0.717) is 17.3 Å². The van der Waals surface area contributed by atoms with Crippen LogP contribution in [0.15, 0.2) is 65.6 Å². The Morgan fingerprint density at radius 1 is 0.935 bits per heavy atom. The van der Waals surface area contributed by atoms with Crippen LogP contribution in [0, 0.1) is 0 Å². The molecular weight excluding hydrogens is 408 g/mol. The summed E-state index contributed by atoms with van der Waals surface area (Å²) in [6, 6.07) is 14.1. The number of nitrogens with zero attached hydrogens (tertiary/aromatic N) is 4. The van der Waals surface area contributed by atoms with Gasteiger partial charge >= 0.3 is 0 Å². The van der Waals surface area contributed by atoms with E-state index in [9.17, 15) is 0 Å². The van der Waals surface area contributed by atoms with E-state index in [1.54, 1.807) is 30.8 Å². The summed E-state index contributed by atoms with van der Waals surface area (Å²) in [5.74, 6) is 1.36. The molecular formula is C23H16N6OS. The van der Waals surface area contributed by atoms with Crippen LogP contribution in [0.25, 0.3) is 56.0 Å². The van der Waals surface area contributed by atoms with Crippen LogP contribution in [0.3, 0.4) is 0 Å². The summed E-state index contributed by atoms with van der Waals surface area (Å²) in [6.45, 7) is 0. The lowest BCUT2D eigenvalue weighted by atomic mass is 10.1. The maximum absolute atomic E-state index is 5.29. The van der Waals surface area contributed by atoms with Gasteiger partial charge in [-0.25, -0.2) is 9.97 Å². The number of rotatable bonds is 4. The van der Waals surface area contributed by atoms with E-state index >= 15 is 0 Å². The Labute approximate surface area is 180 Å². The summed E-state index contributed by atoms with van der Waals surface area (Å²) in [7, 11) is 1.62. The standard InChI is InChI=1S/C23H16N6OS/c1-30-15-9-14(10-24-11-15)17-5-6-19-21(25-17)22(29-28-19)23-26-18-4-2-3-16(20(18)27-23)13-7-8-31-12-13/h2-12H,1H3,(H,26,27)(H,28,29). The van der Waals surface area contributed by atoms with Crippen LogP contribution in [-0.4, -0.2) is 37.2 Å². The molecule has 150 valence electrons. The minimum atomic E-state index is 0.678. The van der Waals surface area contributed by atoms with E-state index in [4.69, 9.17) is 14.7 Å². The molecule has 6 rings (SSSR count). The topological polar surface area (TPSA) is 92.4 Å². The highest BCUT2D eigenvalue weighted by molar-refractivity contribution is 7.08. The number of para-hydroxylation sites is 1. The predicted octanol–water partition coefficient (Wildman–Crippen LogP) is 5.30. The zero-order chi connectivity index (χ0) is 20.8. The van der Waals surface area contributed by atoms with E-state index < -0.39 is 0 Å². The summed E-state index contributed by atoms with van der Waals surface area (Å²) >= 11 is 1.67. The Kier molecular flexibility index (Phi) is 4.03. The lowest BCUT2D eigenvalue weighted by molar-refractivity contribution is 0.413. The second-order valence-electron chi connectivity index (χ2n) is 7.08. The second kappa shape index (κ2) is 7.03. The quantitative estimate of drug-likeness (QED) is 0.401. The number of fused-ring (bicyclic) bond motifs is 2. The van der Waals surface area contributed by atoms with Crippen molar-refractivity contribution in [3.8, 4) is 39.7 Å². The number of nitrogens with one attached hydrogen (secondary N) is 2. The number of hydrogen-bond acceptors (Lipinski definition) is 6. The average Bonchev–Trinajstić information content (AvgIpc) is 3.57. The molecule has 2 N–H and O–H groups in total. The Hall–Kier alpha value is -4.04. The Morgan fingerprint density at radius 2 is 1.90 bits per heavy atom. The van der Waals surface area contributed by atoms with Crippen LogP contribution in [-0.2, 0) is 0 Å². The molecule has 5 aromatic heterocycles. The first-order valence-electron chi connectivity index (χ1n) is 9.66. The van der Waals surface area contributed by atoms with Gasteiger partial charge in [0, 0.05) is 17.3 Å². The van der Waals surface area contributed by atoms with Gasteiger partial charge in [0.2, 0.25) is 0 Å². The van der Waals surface area contributed by atoms with Gasteiger partial charge in [0.25, 0.3) is 0 Å². The fraction of sp³-hybridized carbons (Fsp3) is 0.0435. The van der Waals surface area contributed by atoms with Gasteiger partial charge in [-0.3, -0.25) is 10.1 Å². The Morgan fingerprint density at radius 3 is 2.77 bits per heavy atom. The minimum Gasteiger partial charge on any atom is -0.495 e. The number of aromatic nitrogens is 6. The van der Waals surface area contributed by atoms with Crippen molar-refractivity contribution in [2.24, 2.45) is 0 Å². The fourth-order valence-corrected chi connectivity index (χ4v) is 4.35. The van der Waals surface area contributed by atoms with Crippen molar-refractivity contribution in [3.05, 3.63) is 65.6 Å². The van der Waals surface area contributed by atoms with E-state index in [0.717, 1.165) is 44.5 Å². The van der Waals surface area contributed by atoms with E-state index in [2.05, 4.69) is 43.1 Å². The van der Waals surface area contributed by atoms with Crippen molar-refractivity contribution in [3.63, 3.8) is 0 Å². The van der Waals surface area contributed by atoms with Crippen LogP contribution in [0.5, 0.6) is 5.75 Å². The zero-order valence-electron chi connectivity index (χ0n) is 16.5. The smallest absolute Gasteiger partial charge is 0.161 e. The van der Waals surface area contributed by atoms with Crippen molar-refractivity contribution < 1.29 is 4.74 Å². The molecule has 6 aromatic rings. The highest BCUT2D eigenvalue weighted by atomic mass is 32.1. The van der Waals surface area contributed by atoms with Crippen LogP contribution in [0.2, 0.25) is 0 Å². The number of hydrogen-bond donors (Lipinski definition) is 2. The molecule has 0 aliphatic heterocycles. The van der Waals surface area contributed by atoms with E-state index in [1.807, 2.05) is 30.3 Å². The Balaban J connectivity index is 1.50. The largest absolute Gasteiger partial charge is 0.495 e. The maximum atomic E-state index is 5.29. The van der Waals surface area contributed by atoms with Gasteiger partial charge in [-0.1, -0.05) is 12.1 Å². The number of ether oxygens (including phenoxy) is 1. The molecule has 7 nitrogen and oxygen atoms in total. The third-order valence-electron chi connectivity index (χ3n) is 5.22. The number of benzene rings is 1. The first-order valence-corrected chi connectivity index (χ1v) is 10.6. The number of thiophene rings is 1. The summed E-state index contributed by atoms with van der Waals surface area (Å²) < 4.78 is 5.29. The molecule has 0 atom stereocenters. The molecule has 0 aliphatic rings. The summed E-state index contributed by atoms with van der Waals surface area (Å²) in [6.07, 6.45) is 3.44. The molecule has 5 heterocycles. The summed E-state index contributed by atoms with van der Waals surface area (Å²) in [4.78, 5) is 17.4. The normalized spacial score (nSPS) is 11.4. The maximum Gasteiger partial charge on any atom is 0.161 e. The van der Waals surface area contributed by atoms with Gasteiger partial charge in [-0.15, -0.1) is 0 Å². The first kappa shape index (κ1) is 17.8. The van der Waals surface area contributed by atoms with Gasteiger partial charge < -0.3 is 9.72 Å². The monoisotopic (exact) mass is 424 g/mol. The fourth-order valence-electron chi connectivity index (χ4n) is 3.69. The number of aromatic amines is 2. The highest BCUT2D eigenvalue weighted by Crippen LogP contribution is 2.32. The highest BCUT2D eigenvalue weighted by Gasteiger charge is 2.17. The van der Waals surface area contributed by atoms with Gasteiger partial charge in [0.05, 0.1) is 35.6 Å². The van der Waals surface area contributed by atoms with Crippen LogP contribution in [0.4, 0.5) is 0 Å². The van der Waals surface area contributed by atoms with Gasteiger partial charge in [0.15, 0.2) is 11.5 Å². The molecule has 0 saturated heterocycles. The van der Waals surface area contributed by atoms with Crippen LogP contribution < -0.4 is 4.74 Å². The van der Waals surface area contributed by atoms with Crippen LogP contribution in [0.1, 0.15) is 0 Å². The zero-order valence-corrected chi connectivity index (χ0v) is 17.3. The third kappa shape index (κ3) is 2.96. The molecule has 0 unspecified atom stereocenters. The molecule has 0 bridgehead atoms. The predicted molar refractivity (Wildman–Crippen MR) is 122 cm³/mol. The van der Waals surface area contributed by atoms with Crippen molar-refractivity contribution >= 4 is 33.4 Å².